The van der Waals surface area contributed by atoms with Gasteiger partial charge in [0.2, 0.25) is 5.91 Å². The molecule has 1 heterocycles. The van der Waals surface area contributed by atoms with Gasteiger partial charge in [0.1, 0.15) is 5.58 Å². The molecule has 3 N–H and O–H groups in total. The van der Waals surface area contributed by atoms with E-state index in [-0.39, 0.29) is 12.3 Å². The molecule has 78 valence electrons. The van der Waals surface area contributed by atoms with Crippen molar-refractivity contribution in [1.29, 1.82) is 0 Å². The lowest BCUT2D eigenvalue weighted by atomic mass is 10.1. The Balaban J connectivity index is 2.41. The van der Waals surface area contributed by atoms with Crippen molar-refractivity contribution >= 4 is 16.9 Å². The van der Waals surface area contributed by atoms with Gasteiger partial charge in [-0.05, 0) is 18.6 Å². The van der Waals surface area contributed by atoms with Crippen LogP contribution in [-0.4, -0.2) is 5.91 Å². The summed E-state index contributed by atoms with van der Waals surface area (Å²) in [4.78, 5) is 11.1. The second-order valence-electron chi connectivity index (χ2n) is 3.50. The molecule has 0 aliphatic heterocycles. The van der Waals surface area contributed by atoms with Crippen LogP contribution in [0.4, 0.5) is 0 Å². The van der Waals surface area contributed by atoms with Gasteiger partial charge >= 0.3 is 0 Å². The maximum absolute atomic E-state index is 11.1. The Morgan fingerprint density at radius 3 is 3.07 bits per heavy atom. The van der Waals surface area contributed by atoms with E-state index >= 15 is 0 Å². The number of nitrogens with two attached hydrogens (primary N) is 1. The molecule has 1 amide bonds. The van der Waals surface area contributed by atoms with Crippen LogP contribution in [0.15, 0.2) is 28.9 Å². The molecule has 0 spiro atoms. The van der Waals surface area contributed by atoms with E-state index in [0.717, 1.165) is 22.1 Å². The van der Waals surface area contributed by atoms with E-state index in [1.54, 1.807) is 6.26 Å². The Bertz CT molecular complexity index is 502. The molecule has 0 saturated heterocycles. The van der Waals surface area contributed by atoms with E-state index in [9.17, 15) is 4.79 Å². The first-order valence-corrected chi connectivity index (χ1v) is 4.67. The lowest BCUT2D eigenvalue weighted by Crippen LogP contribution is -2.31. The fourth-order valence-corrected chi connectivity index (χ4v) is 1.55. The molecule has 0 unspecified atom stereocenters. The number of nitrogens with one attached hydrogen (secondary N) is 1. The topological polar surface area (TPSA) is 68.3 Å². The molecule has 0 aliphatic carbocycles. The average molecular weight is 204 g/mol. The van der Waals surface area contributed by atoms with Gasteiger partial charge in [0.15, 0.2) is 0 Å². The van der Waals surface area contributed by atoms with Crippen molar-refractivity contribution in [2.24, 2.45) is 5.84 Å². The number of rotatable bonds is 2. The first-order chi connectivity index (χ1) is 7.20. The summed E-state index contributed by atoms with van der Waals surface area (Å²) in [5.41, 5.74) is 4.89. The molecule has 0 atom stereocenters. The molecular weight excluding hydrogens is 192 g/mol. The maximum Gasteiger partial charge on any atom is 0.238 e. The first-order valence-electron chi connectivity index (χ1n) is 4.67. The van der Waals surface area contributed by atoms with Crippen molar-refractivity contribution in [2.45, 2.75) is 13.3 Å². The van der Waals surface area contributed by atoms with Gasteiger partial charge in [-0.15, -0.1) is 0 Å². The quantitative estimate of drug-likeness (QED) is 0.440. The van der Waals surface area contributed by atoms with E-state index in [1.807, 2.05) is 25.1 Å². The van der Waals surface area contributed by atoms with Crippen LogP contribution in [-0.2, 0) is 11.2 Å². The Morgan fingerprint density at radius 1 is 1.53 bits per heavy atom. The predicted octanol–water partition coefficient (Wildman–Crippen LogP) is 1.27. The third kappa shape index (κ3) is 1.85. The standard InChI is InChI=1S/C11H12N2O2/c1-7-2-3-9-8(5-11(14)13-12)6-15-10(9)4-7/h2-4,6H,5,12H2,1H3,(H,13,14). The highest BCUT2D eigenvalue weighted by atomic mass is 16.3. The van der Waals surface area contributed by atoms with Gasteiger partial charge < -0.3 is 4.42 Å². The third-order valence-electron chi connectivity index (χ3n) is 2.32. The molecule has 0 radical (unpaired) electrons. The Kier molecular flexibility index (Phi) is 2.43. The van der Waals surface area contributed by atoms with E-state index < -0.39 is 0 Å². The molecule has 4 heteroatoms. The molecule has 2 rings (SSSR count). The van der Waals surface area contributed by atoms with Crippen LogP contribution in [0.3, 0.4) is 0 Å². The Hall–Kier alpha value is -1.81. The highest BCUT2D eigenvalue weighted by Crippen LogP contribution is 2.22. The fraction of sp³-hybridized carbons (Fsp3) is 0.182. The second kappa shape index (κ2) is 3.74. The van der Waals surface area contributed by atoms with Crippen LogP contribution in [0.5, 0.6) is 0 Å². The van der Waals surface area contributed by atoms with E-state index in [4.69, 9.17) is 10.3 Å². The van der Waals surface area contributed by atoms with Crippen LogP contribution in [0.25, 0.3) is 11.0 Å². The van der Waals surface area contributed by atoms with Crippen molar-refractivity contribution in [2.75, 3.05) is 0 Å². The average Bonchev–Trinajstić information content (AvgIpc) is 2.60. The largest absolute Gasteiger partial charge is 0.464 e. The molecule has 0 aliphatic rings. The maximum atomic E-state index is 11.1. The van der Waals surface area contributed by atoms with E-state index in [0.29, 0.717) is 0 Å². The molecular formula is C11H12N2O2. The van der Waals surface area contributed by atoms with Crippen molar-refractivity contribution < 1.29 is 9.21 Å². The van der Waals surface area contributed by atoms with Gasteiger partial charge in [0.25, 0.3) is 0 Å². The third-order valence-corrected chi connectivity index (χ3v) is 2.32. The molecule has 0 bridgehead atoms. The predicted molar refractivity (Wildman–Crippen MR) is 57.0 cm³/mol. The number of hydrazine groups is 1. The number of benzene rings is 1. The minimum absolute atomic E-state index is 0.224. The van der Waals surface area contributed by atoms with Gasteiger partial charge in [-0.3, -0.25) is 10.2 Å². The Morgan fingerprint density at radius 2 is 2.33 bits per heavy atom. The van der Waals surface area contributed by atoms with E-state index in [2.05, 4.69) is 5.43 Å². The minimum Gasteiger partial charge on any atom is -0.464 e. The van der Waals surface area contributed by atoms with Crippen molar-refractivity contribution in [3.05, 3.63) is 35.6 Å². The van der Waals surface area contributed by atoms with Crippen LogP contribution in [0.1, 0.15) is 11.1 Å². The number of carbonyl (C=O) groups is 1. The number of carbonyl (C=O) groups excluding carboxylic acids is 1. The van der Waals surface area contributed by atoms with Crippen molar-refractivity contribution in [3.8, 4) is 0 Å². The number of fused-ring (bicyclic) bond motifs is 1. The summed E-state index contributed by atoms with van der Waals surface area (Å²) < 4.78 is 5.35. The Labute approximate surface area is 87.0 Å². The molecule has 4 nitrogen and oxygen atoms in total. The minimum atomic E-state index is -0.224. The summed E-state index contributed by atoms with van der Waals surface area (Å²) in [7, 11) is 0. The summed E-state index contributed by atoms with van der Waals surface area (Å²) in [5, 5.41) is 0.962. The van der Waals surface area contributed by atoms with Gasteiger partial charge in [0, 0.05) is 10.9 Å². The molecule has 0 saturated carbocycles. The molecule has 1 aromatic carbocycles. The van der Waals surface area contributed by atoms with Crippen LogP contribution in [0.2, 0.25) is 0 Å². The SMILES string of the molecule is Cc1ccc2c(CC(=O)NN)coc2c1. The summed E-state index contributed by atoms with van der Waals surface area (Å²) in [6.07, 6.45) is 1.84. The smallest absolute Gasteiger partial charge is 0.238 e. The highest BCUT2D eigenvalue weighted by molar-refractivity contribution is 5.87. The molecule has 15 heavy (non-hydrogen) atoms. The molecule has 1 aromatic heterocycles. The van der Waals surface area contributed by atoms with Crippen molar-refractivity contribution in [3.63, 3.8) is 0 Å². The summed E-state index contributed by atoms with van der Waals surface area (Å²) in [5.74, 6) is 4.80. The zero-order chi connectivity index (χ0) is 10.8. The van der Waals surface area contributed by atoms with Gasteiger partial charge in [-0.25, -0.2) is 5.84 Å². The number of amides is 1. The number of hydrogen-bond donors (Lipinski definition) is 2. The summed E-state index contributed by atoms with van der Waals surface area (Å²) >= 11 is 0. The molecule has 0 fully saturated rings. The van der Waals surface area contributed by atoms with E-state index in [1.165, 1.54) is 0 Å². The number of furan rings is 1. The monoisotopic (exact) mass is 204 g/mol. The van der Waals surface area contributed by atoms with Crippen LogP contribution in [0, 0.1) is 6.92 Å². The lowest BCUT2D eigenvalue weighted by molar-refractivity contribution is -0.120. The summed E-state index contributed by atoms with van der Waals surface area (Å²) in [6, 6.07) is 5.88. The molecule has 2 aromatic rings. The number of aryl methyl sites for hydroxylation is 1. The fourth-order valence-electron chi connectivity index (χ4n) is 1.55. The van der Waals surface area contributed by atoms with Crippen molar-refractivity contribution in [1.82, 2.24) is 5.43 Å². The lowest BCUT2D eigenvalue weighted by Gasteiger charge is -1.97. The van der Waals surface area contributed by atoms with Gasteiger partial charge in [-0.1, -0.05) is 12.1 Å². The van der Waals surface area contributed by atoms with Crippen LogP contribution >= 0.6 is 0 Å². The summed E-state index contributed by atoms with van der Waals surface area (Å²) in [6.45, 7) is 1.99. The normalized spacial score (nSPS) is 10.5. The zero-order valence-corrected chi connectivity index (χ0v) is 8.41. The van der Waals surface area contributed by atoms with Gasteiger partial charge in [-0.2, -0.15) is 0 Å². The zero-order valence-electron chi connectivity index (χ0n) is 8.41. The number of hydrogen-bond acceptors (Lipinski definition) is 3. The van der Waals surface area contributed by atoms with Gasteiger partial charge in [0.05, 0.1) is 12.7 Å². The first kappa shape index (κ1) is 9.73. The highest BCUT2D eigenvalue weighted by Gasteiger charge is 2.09. The van der Waals surface area contributed by atoms with Crippen LogP contribution < -0.4 is 11.3 Å². The second-order valence-corrected chi connectivity index (χ2v) is 3.50.